The second kappa shape index (κ2) is 8.80. The summed E-state index contributed by atoms with van der Waals surface area (Å²) in [5.74, 6) is 0.529. The first-order valence-electron chi connectivity index (χ1n) is 7.90. The molecule has 4 nitrogen and oxygen atoms in total. The van der Waals surface area contributed by atoms with Crippen LogP contribution in [0.3, 0.4) is 0 Å². The highest BCUT2D eigenvalue weighted by Gasteiger charge is 2.15. The van der Waals surface area contributed by atoms with Gasteiger partial charge in [-0.25, -0.2) is 4.39 Å². The molecule has 1 aromatic carbocycles. The highest BCUT2D eigenvalue weighted by Crippen LogP contribution is 2.18. The van der Waals surface area contributed by atoms with Gasteiger partial charge in [0.05, 0.1) is 12.6 Å². The molecule has 0 fully saturated rings. The molecule has 1 aromatic heterocycles. The van der Waals surface area contributed by atoms with Crippen molar-refractivity contribution in [1.29, 1.82) is 0 Å². The summed E-state index contributed by atoms with van der Waals surface area (Å²) in [5.41, 5.74) is 2.23. The summed E-state index contributed by atoms with van der Waals surface area (Å²) in [5, 5.41) is 8.75. The lowest BCUT2D eigenvalue weighted by Gasteiger charge is -2.26. The molecule has 0 bridgehead atoms. The van der Waals surface area contributed by atoms with Crippen LogP contribution in [0.5, 0.6) is 0 Å². The molecule has 1 atom stereocenters. The molecule has 24 heavy (non-hydrogen) atoms. The quantitative estimate of drug-likeness (QED) is 0.622. The Labute approximate surface area is 147 Å². The maximum absolute atomic E-state index is 13.5. The molecule has 0 aliphatic carbocycles. The smallest absolute Gasteiger partial charge is 0.191 e. The molecule has 1 unspecified atom stereocenters. The summed E-state index contributed by atoms with van der Waals surface area (Å²) < 4.78 is 13.5. The summed E-state index contributed by atoms with van der Waals surface area (Å²) in [7, 11) is 5.73. The van der Waals surface area contributed by atoms with Crippen molar-refractivity contribution < 1.29 is 4.39 Å². The molecule has 130 valence electrons. The van der Waals surface area contributed by atoms with Crippen LogP contribution in [0.1, 0.15) is 22.0 Å². The van der Waals surface area contributed by atoms with Crippen molar-refractivity contribution in [2.75, 3.05) is 27.7 Å². The van der Waals surface area contributed by atoms with Crippen molar-refractivity contribution in [3.63, 3.8) is 0 Å². The number of benzene rings is 1. The molecule has 1 heterocycles. The molecule has 0 radical (unpaired) electrons. The van der Waals surface area contributed by atoms with Gasteiger partial charge in [-0.1, -0.05) is 12.1 Å². The van der Waals surface area contributed by atoms with E-state index in [4.69, 9.17) is 0 Å². The van der Waals surface area contributed by atoms with Crippen LogP contribution in [-0.2, 0) is 6.54 Å². The second-order valence-electron chi connectivity index (χ2n) is 5.87. The maximum atomic E-state index is 13.5. The Morgan fingerprint density at radius 2 is 2.08 bits per heavy atom. The van der Waals surface area contributed by atoms with Gasteiger partial charge in [-0.05, 0) is 55.7 Å². The van der Waals surface area contributed by atoms with Crippen LogP contribution in [0.2, 0.25) is 0 Å². The molecule has 0 spiro atoms. The zero-order valence-electron chi connectivity index (χ0n) is 14.6. The van der Waals surface area contributed by atoms with Crippen LogP contribution in [0.15, 0.2) is 40.7 Å². The van der Waals surface area contributed by atoms with Gasteiger partial charge < -0.3 is 15.5 Å². The van der Waals surface area contributed by atoms with E-state index in [1.54, 1.807) is 30.5 Å². The summed E-state index contributed by atoms with van der Waals surface area (Å²) in [6.07, 6.45) is 0. The Morgan fingerprint density at radius 3 is 2.67 bits per heavy atom. The molecule has 2 aromatic rings. The number of likely N-dealkylation sites (N-methyl/N-ethyl adjacent to an activating group) is 1. The van der Waals surface area contributed by atoms with Gasteiger partial charge in [0.25, 0.3) is 0 Å². The number of hydrogen-bond acceptors (Lipinski definition) is 3. The Bertz CT molecular complexity index is 681. The number of nitrogens with one attached hydrogen (secondary N) is 2. The monoisotopic (exact) mass is 348 g/mol. The fraction of sp³-hybridized carbons (Fsp3) is 0.389. The summed E-state index contributed by atoms with van der Waals surface area (Å²) in [4.78, 5) is 7.63. The van der Waals surface area contributed by atoms with Gasteiger partial charge in [0, 0.05) is 18.5 Å². The van der Waals surface area contributed by atoms with E-state index in [1.807, 2.05) is 20.2 Å². The first-order chi connectivity index (χ1) is 11.5. The molecular formula is C18H25FN4S. The van der Waals surface area contributed by atoms with Gasteiger partial charge in [-0.2, -0.15) is 0 Å². The minimum atomic E-state index is -0.213. The van der Waals surface area contributed by atoms with Crippen molar-refractivity contribution in [3.8, 4) is 0 Å². The molecule has 0 saturated carbocycles. The van der Waals surface area contributed by atoms with E-state index in [0.717, 1.165) is 18.1 Å². The lowest BCUT2D eigenvalue weighted by molar-refractivity contribution is 0.297. The molecule has 0 amide bonds. The first kappa shape index (κ1) is 18.4. The van der Waals surface area contributed by atoms with Crippen LogP contribution in [0.25, 0.3) is 0 Å². The van der Waals surface area contributed by atoms with Crippen molar-refractivity contribution in [2.24, 2.45) is 4.99 Å². The maximum Gasteiger partial charge on any atom is 0.191 e. The highest BCUT2D eigenvalue weighted by molar-refractivity contribution is 7.10. The number of halogens is 1. The zero-order valence-corrected chi connectivity index (χ0v) is 15.5. The van der Waals surface area contributed by atoms with E-state index in [9.17, 15) is 4.39 Å². The van der Waals surface area contributed by atoms with Crippen LogP contribution in [-0.4, -0.2) is 38.5 Å². The third-order valence-corrected chi connectivity index (χ3v) is 4.95. The van der Waals surface area contributed by atoms with Crippen molar-refractivity contribution in [3.05, 3.63) is 57.5 Å². The number of rotatable bonds is 6. The molecule has 2 N–H and O–H groups in total. The van der Waals surface area contributed by atoms with Gasteiger partial charge in [-0.3, -0.25) is 4.99 Å². The summed E-state index contributed by atoms with van der Waals surface area (Å²) >= 11 is 1.73. The third-order valence-electron chi connectivity index (χ3n) is 3.93. The number of hydrogen-bond donors (Lipinski definition) is 2. The normalized spacial score (nSPS) is 13.2. The van der Waals surface area contributed by atoms with E-state index >= 15 is 0 Å². The van der Waals surface area contributed by atoms with Crippen molar-refractivity contribution >= 4 is 17.3 Å². The first-order valence-corrected chi connectivity index (χ1v) is 8.78. The SMILES string of the molecule is CN=C(NCc1sccc1C)NCC(c1cccc(F)c1)N(C)C. The van der Waals surface area contributed by atoms with Crippen LogP contribution in [0, 0.1) is 12.7 Å². The average molecular weight is 348 g/mol. The van der Waals surface area contributed by atoms with E-state index < -0.39 is 0 Å². The number of nitrogens with zero attached hydrogens (tertiary/aromatic N) is 2. The number of thiophene rings is 1. The van der Waals surface area contributed by atoms with Crippen LogP contribution >= 0.6 is 11.3 Å². The third kappa shape index (κ3) is 5.04. The van der Waals surface area contributed by atoms with E-state index in [1.165, 1.54) is 16.5 Å². The topological polar surface area (TPSA) is 39.7 Å². The van der Waals surface area contributed by atoms with Crippen LogP contribution in [0.4, 0.5) is 4.39 Å². The minimum absolute atomic E-state index is 0.0581. The highest BCUT2D eigenvalue weighted by atomic mass is 32.1. The van der Waals surface area contributed by atoms with E-state index in [2.05, 4.69) is 38.9 Å². The van der Waals surface area contributed by atoms with E-state index in [0.29, 0.717) is 6.54 Å². The Morgan fingerprint density at radius 1 is 1.29 bits per heavy atom. The van der Waals surface area contributed by atoms with Gasteiger partial charge in [0.1, 0.15) is 5.82 Å². The predicted molar refractivity (Wildman–Crippen MR) is 100 cm³/mol. The van der Waals surface area contributed by atoms with Gasteiger partial charge in [-0.15, -0.1) is 11.3 Å². The standard InChI is InChI=1S/C18H25FN4S/c1-13-8-9-24-17(13)12-22-18(20-2)21-11-16(23(3)4)14-6-5-7-15(19)10-14/h5-10,16H,11-12H2,1-4H3,(H2,20,21,22). The second-order valence-corrected chi connectivity index (χ2v) is 6.87. The van der Waals surface area contributed by atoms with Gasteiger partial charge in [0.15, 0.2) is 5.96 Å². The number of guanidine groups is 1. The molecule has 6 heteroatoms. The molecular weight excluding hydrogens is 323 g/mol. The summed E-state index contributed by atoms with van der Waals surface area (Å²) in [6.45, 7) is 3.49. The zero-order chi connectivity index (χ0) is 17.5. The van der Waals surface area contributed by atoms with Gasteiger partial charge >= 0.3 is 0 Å². The number of aryl methyl sites for hydroxylation is 1. The Kier molecular flexibility index (Phi) is 6.75. The fourth-order valence-corrected chi connectivity index (χ4v) is 3.32. The number of aliphatic imine (C=N–C) groups is 1. The average Bonchev–Trinajstić information content (AvgIpc) is 2.95. The minimum Gasteiger partial charge on any atom is -0.354 e. The van der Waals surface area contributed by atoms with E-state index in [-0.39, 0.29) is 11.9 Å². The fourth-order valence-electron chi connectivity index (χ4n) is 2.48. The van der Waals surface area contributed by atoms with Crippen molar-refractivity contribution in [1.82, 2.24) is 15.5 Å². The molecule has 2 rings (SSSR count). The van der Waals surface area contributed by atoms with Gasteiger partial charge in [0.2, 0.25) is 0 Å². The molecule has 0 aliphatic rings. The lowest BCUT2D eigenvalue weighted by atomic mass is 10.1. The van der Waals surface area contributed by atoms with Crippen LogP contribution < -0.4 is 10.6 Å². The largest absolute Gasteiger partial charge is 0.354 e. The van der Waals surface area contributed by atoms with Crippen molar-refractivity contribution in [2.45, 2.75) is 19.5 Å². The summed E-state index contributed by atoms with van der Waals surface area (Å²) in [6, 6.07) is 8.91. The molecule has 0 aliphatic heterocycles. The Balaban J connectivity index is 1.96. The Hall–Kier alpha value is -1.92. The molecule has 0 saturated heterocycles. The predicted octanol–water partition coefficient (Wildman–Crippen LogP) is 3.16. The lowest BCUT2D eigenvalue weighted by Crippen LogP contribution is -2.41.